The quantitative estimate of drug-likeness (QED) is 0.441. The first kappa shape index (κ1) is 10.8. The lowest BCUT2D eigenvalue weighted by molar-refractivity contribution is 0.112. The van der Waals surface area contributed by atoms with Crippen LogP contribution in [0, 0.1) is 0 Å². The highest BCUT2D eigenvalue weighted by molar-refractivity contribution is 7.80. The van der Waals surface area contributed by atoms with Crippen molar-refractivity contribution in [2.45, 2.75) is 0 Å². The summed E-state index contributed by atoms with van der Waals surface area (Å²) in [5, 5.41) is 1.10. The molecule has 2 aromatic rings. The van der Waals surface area contributed by atoms with Gasteiger partial charge in [0.15, 0.2) is 11.4 Å². The number of thiophene rings is 1. The van der Waals surface area contributed by atoms with Crippen LogP contribution < -0.4 is 16.6 Å². The zero-order chi connectivity index (χ0) is 11.5. The second-order valence-electron chi connectivity index (χ2n) is 3.07. The monoisotopic (exact) mass is 251 g/mol. The van der Waals surface area contributed by atoms with E-state index in [1.165, 1.54) is 11.3 Å². The Balaban J connectivity index is 2.47. The fourth-order valence-electron chi connectivity index (χ4n) is 1.40. The highest BCUT2D eigenvalue weighted by Gasteiger charge is 2.10. The second-order valence-corrected chi connectivity index (χ2v) is 4.59. The number of carbonyl (C=O) groups excluding carboxylic acids is 1. The van der Waals surface area contributed by atoms with E-state index in [4.69, 9.17) is 18.0 Å². The van der Waals surface area contributed by atoms with Crippen LogP contribution in [-0.2, 0) is 0 Å². The van der Waals surface area contributed by atoms with E-state index in [1.54, 1.807) is 0 Å². The lowest BCUT2D eigenvalue weighted by Crippen LogP contribution is -2.34. The van der Waals surface area contributed by atoms with Crippen LogP contribution in [0.25, 0.3) is 10.1 Å². The van der Waals surface area contributed by atoms with Gasteiger partial charge in [-0.3, -0.25) is 15.6 Å². The number of aldehydes is 1. The molecule has 82 valence electrons. The summed E-state index contributed by atoms with van der Waals surface area (Å²) in [5.74, 6) is 0. The molecule has 0 radical (unpaired) electrons. The molecule has 0 amide bonds. The first-order chi connectivity index (χ1) is 7.72. The average molecular weight is 251 g/mol. The zero-order valence-electron chi connectivity index (χ0n) is 8.19. The van der Waals surface area contributed by atoms with E-state index in [0.717, 1.165) is 16.4 Å². The molecule has 6 heteroatoms. The molecule has 0 unspecified atom stereocenters. The van der Waals surface area contributed by atoms with Gasteiger partial charge >= 0.3 is 0 Å². The molecule has 0 spiro atoms. The standard InChI is InChI=1S/C10H9N3OS2/c11-10(15)13-12-9-6-3-1-2-4-7(6)16-8(9)5-14/h1-5,12H,(H3,11,13,15). The lowest BCUT2D eigenvalue weighted by atomic mass is 10.2. The van der Waals surface area contributed by atoms with Crippen LogP contribution >= 0.6 is 23.6 Å². The molecule has 0 atom stereocenters. The van der Waals surface area contributed by atoms with Gasteiger partial charge in [0.2, 0.25) is 0 Å². The summed E-state index contributed by atoms with van der Waals surface area (Å²) in [6.45, 7) is 0. The van der Waals surface area contributed by atoms with Crippen molar-refractivity contribution in [1.29, 1.82) is 0 Å². The van der Waals surface area contributed by atoms with Crippen molar-refractivity contribution in [3.8, 4) is 0 Å². The molecule has 2 rings (SSSR count). The number of fused-ring (bicyclic) bond motifs is 1. The molecule has 1 heterocycles. The molecule has 0 aliphatic heterocycles. The van der Waals surface area contributed by atoms with Gasteiger partial charge in [0, 0.05) is 10.1 Å². The Morgan fingerprint density at radius 1 is 1.44 bits per heavy atom. The summed E-state index contributed by atoms with van der Waals surface area (Å²) >= 11 is 6.11. The number of anilines is 1. The Labute approximate surface area is 101 Å². The maximum Gasteiger partial charge on any atom is 0.182 e. The van der Waals surface area contributed by atoms with E-state index < -0.39 is 0 Å². The van der Waals surface area contributed by atoms with E-state index in [0.29, 0.717) is 10.6 Å². The molecule has 4 N–H and O–H groups in total. The maximum atomic E-state index is 10.9. The van der Waals surface area contributed by atoms with Crippen molar-refractivity contribution in [3.63, 3.8) is 0 Å². The summed E-state index contributed by atoms with van der Waals surface area (Å²) in [7, 11) is 0. The molecule has 1 aromatic heterocycles. The fourth-order valence-corrected chi connectivity index (χ4v) is 2.43. The van der Waals surface area contributed by atoms with Crippen molar-refractivity contribution in [1.82, 2.24) is 5.43 Å². The minimum Gasteiger partial charge on any atom is -0.375 e. The van der Waals surface area contributed by atoms with Gasteiger partial charge in [-0.2, -0.15) is 0 Å². The molecule has 4 nitrogen and oxygen atoms in total. The third kappa shape index (κ3) is 1.98. The molecule has 0 fully saturated rings. The summed E-state index contributed by atoms with van der Waals surface area (Å²) in [6, 6.07) is 7.73. The fraction of sp³-hybridized carbons (Fsp3) is 0. The van der Waals surface area contributed by atoms with Gasteiger partial charge in [-0.15, -0.1) is 11.3 Å². The minimum atomic E-state index is 0.132. The number of hydrazine groups is 1. The Hall–Kier alpha value is -1.66. The van der Waals surface area contributed by atoms with Crippen molar-refractivity contribution >= 4 is 50.7 Å². The van der Waals surface area contributed by atoms with Gasteiger partial charge < -0.3 is 5.73 Å². The van der Waals surface area contributed by atoms with Crippen LogP contribution in [0.3, 0.4) is 0 Å². The SMILES string of the molecule is NC(=S)NNc1c(C=O)sc2ccccc12. The van der Waals surface area contributed by atoms with E-state index in [-0.39, 0.29) is 5.11 Å². The smallest absolute Gasteiger partial charge is 0.182 e. The third-order valence-electron chi connectivity index (χ3n) is 2.04. The number of thiocarbonyl (C=S) groups is 1. The summed E-state index contributed by atoms with van der Waals surface area (Å²) in [6.07, 6.45) is 0.814. The molecular weight excluding hydrogens is 242 g/mol. The number of carbonyl (C=O) groups is 1. The highest BCUT2D eigenvalue weighted by Crippen LogP contribution is 2.33. The molecule has 1 aromatic carbocycles. The summed E-state index contributed by atoms with van der Waals surface area (Å²) in [4.78, 5) is 11.5. The second kappa shape index (κ2) is 4.46. The van der Waals surface area contributed by atoms with Crippen LogP contribution in [0.4, 0.5) is 5.69 Å². The number of benzene rings is 1. The van der Waals surface area contributed by atoms with Gasteiger partial charge in [-0.05, 0) is 18.3 Å². The van der Waals surface area contributed by atoms with Gasteiger partial charge in [0.25, 0.3) is 0 Å². The van der Waals surface area contributed by atoms with Crippen molar-refractivity contribution in [2.24, 2.45) is 5.73 Å². The summed E-state index contributed by atoms with van der Waals surface area (Å²) in [5.41, 5.74) is 11.5. The molecule has 0 aliphatic rings. The number of hydrogen-bond donors (Lipinski definition) is 3. The predicted octanol–water partition coefficient (Wildman–Crippen LogP) is 1.87. The first-order valence-corrected chi connectivity index (χ1v) is 5.73. The van der Waals surface area contributed by atoms with E-state index in [2.05, 4.69) is 10.9 Å². The Morgan fingerprint density at radius 3 is 2.88 bits per heavy atom. The molecule has 16 heavy (non-hydrogen) atoms. The number of hydrogen-bond acceptors (Lipinski definition) is 4. The first-order valence-electron chi connectivity index (χ1n) is 4.50. The highest BCUT2D eigenvalue weighted by atomic mass is 32.1. The summed E-state index contributed by atoms with van der Waals surface area (Å²) < 4.78 is 1.04. The normalized spacial score (nSPS) is 10.0. The third-order valence-corrected chi connectivity index (χ3v) is 3.24. The van der Waals surface area contributed by atoms with Gasteiger partial charge in [0.1, 0.15) is 0 Å². The Bertz CT molecular complexity index is 550. The van der Waals surface area contributed by atoms with Crippen LogP contribution in [-0.4, -0.2) is 11.4 Å². The van der Waals surface area contributed by atoms with Gasteiger partial charge in [-0.1, -0.05) is 18.2 Å². The maximum absolute atomic E-state index is 10.9. The predicted molar refractivity (Wildman–Crippen MR) is 70.8 cm³/mol. The number of nitrogens with two attached hydrogens (primary N) is 1. The van der Waals surface area contributed by atoms with E-state index in [9.17, 15) is 4.79 Å². The largest absolute Gasteiger partial charge is 0.375 e. The Kier molecular flexibility index (Phi) is 3.02. The molecular formula is C10H9N3OS2. The van der Waals surface area contributed by atoms with E-state index >= 15 is 0 Å². The van der Waals surface area contributed by atoms with Gasteiger partial charge in [0.05, 0.1) is 10.6 Å². The lowest BCUT2D eigenvalue weighted by Gasteiger charge is -2.06. The molecule has 0 saturated heterocycles. The topological polar surface area (TPSA) is 67.2 Å². The van der Waals surface area contributed by atoms with Crippen molar-refractivity contribution < 1.29 is 4.79 Å². The minimum absolute atomic E-state index is 0.132. The van der Waals surface area contributed by atoms with Crippen LogP contribution in [0.5, 0.6) is 0 Å². The average Bonchev–Trinajstić information content (AvgIpc) is 2.64. The van der Waals surface area contributed by atoms with E-state index in [1.807, 2.05) is 24.3 Å². The van der Waals surface area contributed by atoms with Crippen molar-refractivity contribution in [2.75, 3.05) is 5.43 Å². The Morgan fingerprint density at radius 2 is 2.19 bits per heavy atom. The van der Waals surface area contributed by atoms with Crippen LogP contribution in [0.2, 0.25) is 0 Å². The van der Waals surface area contributed by atoms with Crippen molar-refractivity contribution in [3.05, 3.63) is 29.1 Å². The zero-order valence-corrected chi connectivity index (χ0v) is 9.82. The number of nitrogens with one attached hydrogen (secondary N) is 2. The number of rotatable bonds is 3. The molecule has 0 bridgehead atoms. The molecule has 0 aliphatic carbocycles. The van der Waals surface area contributed by atoms with Crippen LogP contribution in [0.1, 0.15) is 9.67 Å². The van der Waals surface area contributed by atoms with Gasteiger partial charge in [-0.25, -0.2) is 0 Å². The van der Waals surface area contributed by atoms with Crippen LogP contribution in [0.15, 0.2) is 24.3 Å². The molecule has 0 saturated carbocycles.